The van der Waals surface area contributed by atoms with Crippen molar-refractivity contribution >= 4 is 17.2 Å². The van der Waals surface area contributed by atoms with E-state index in [-0.39, 0.29) is 5.91 Å². The van der Waals surface area contributed by atoms with E-state index in [9.17, 15) is 22.8 Å². The van der Waals surface area contributed by atoms with Gasteiger partial charge in [0.1, 0.15) is 0 Å². The zero-order chi connectivity index (χ0) is 21.5. The van der Waals surface area contributed by atoms with Crippen LogP contribution in [0, 0.1) is 0 Å². The number of hydrogen-bond acceptors (Lipinski definition) is 4. The second-order valence-electron chi connectivity index (χ2n) is 7.19. The molecule has 4 rings (SSSR count). The maximum absolute atomic E-state index is 13.0. The van der Waals surface area contributed by atoms with Gasteiger partial charge in [-0.05, 0) is 42.0 Å². The first-order valence-corrected chi connectivity index (χ1v) is 10.3. The minimum absolute atomic E-state index is 0.129. The molecular formula is C20H19F3N4O2S. The molecular weight excluding hydrogens is 417 g/mol. The lowest BCUT2D eigenvalue weighted by Crippen LogP contribution is -2.41. The second kappa shape index (κ2) is 7.75. The van der Waals surface area contributed by atoms with Gasteiger partial charge in [-0.25, -0.2) is 9.48 Å². The molecule has 0 saturated carbocycles. The van der Waals surface area contributed by atoms with Crippen molar-refractivity contribution in [2.24, 2.45) is 7.05 Å². The maximum Gasteiger partial charge on any atom is 0.451 e. The number of aromatic nitrogens is 3. The fraction of sp³-hybridized carbons (Fsp3) is 0.350. The first-order valence-electron chi connectivity index (χ1n) is 9.41. The number of hydrogen-bond donors (Lipinski definition) is 0. The average molecular weight is 436 g/mol. The van der Waals surface area contributed by atoms with Crippen LogP contribution in [0.4, 0.5) is 13.2 Å². The van der Waals surface area contributed by atoms with Crippen LogP contribution in [0.5, 0.6) is 0 Å². The molecule has 1 aromatic carbocycles. The lowest BCUT2D eigenvalue weighted by Gasteiger charge is -2.31. The third kappa shape index (κ3) is 3.79. The van der Waals surface area contributed by atoms with Crippen molar-refractivity contribution in [2.75, 3.05) is 13.1 Å². The predicted octanol–water partition coefficient (Wildman–Crippen LogP) is 3.81. The molecule has 1 aliphatic heterocycles. The molecule has 0 N–H and O–H groups in total. The van der Waals surface area contributed by atoms with Gasteiger partial charge in [-0.2, -0.15) is 13.2 Å². The van der Waals surface area contributed by atoms with Crippen LogP contribution in [0.2, 0.25) is 0 Å². The quantitative estimate of drug-likeness (QED) is 0.628. The van der Waals surface area contributed by atoms with E-state index >= 15 is 0 Å². The summed E-state index contributed by atoms with van der Waals surface area (Å²) in [7, 11) is 1.06. The number of nitrogens with zero attached hydrogens (tertiary/aromatic N) is 4. The molecule has 0 unspecified atom stereocenters. The van der Waals surface area contributed by atoms with Gasteiger partial charge < -0.3 is 4.90 Å². The normalized spacial score (nSPS) is 15.5. The molecule has 1 fully saturated rings. The van der Waals surface area contributed by atoms with Crippen LogP contribution in [0.15, 0.2) is 46.6 Å². The van der Waals surface area contributed by atoms with E-state index in [2.05, 4.69) is 5.10 Å². The lowest BCUT2D eigenvalue weighted by molar-refractivity contribution is -0.147. The summed E-state index contributed by atoms with van der Waals surface area (Å²) < 4.78 is 40.4. The molecule has 0 radical (unpaired) electrons. The Morgan fingerprint density at radius 3 is 2.33 bits per heavy atom. The van der Waals surface area contributed by atoms with Crippen LogP contribution in [-0.2, 0) is 13.2 Å². The summed E-state index contributed by atoms with van der Waals surface area (Å²) in [5.41, 5.74) is 0.801. The lowest BCUT2D eigenvalue weighted by atomic mass is 10.0. The van der Waals surface area contributed by atoms with E-state index in [1.54, 1.807) is 28.4 Å². The summed E-state index contributed by atoms with van der Waals surface area (Å²) in [6, 6.07) is 10.9. The van der Waals surface area contributed by atoms with Crippen molar-refractivity contribution in [1.82, 2.24) is 19.2 Å². The molecule has 1 aliphatic rings. The van der Waals surface area contributed by atoms with Gasteiger partial charge in [0.05, 0.1) is 6.04 Å². The monoisotopic (exact) mass is 436 g/mol. The molecule has 1 amide bonds. The van der Waals surface area contributed by atoms with Gasteiger partial charge >= 0.3 is 11.9 Å². The van der Waals surface area contributed by atoms with Gasteiger partial charge in [0.2, 0.25) is 5.82 Å². The Hall–Kier alpha value is -2.88. The van der Waals surface area contributed by atoms with Crippen molar-refractivity contribution in [3.63, 3.8) is 0 Å². The van der Waals surface area contributed by atoms with Crippen molar-refractivity contribution in [3.8, 4) is 10.4 Å². The fourth-order valence-corrected chi connectivity index (χ4v) is 4.39. The Morgan fingerprint density at radius 2 is 1.80 bits per heavy atom. The van der Waals surface area contributed by atoms with Crippen molar-refractivity contribution in [1.29, 1.82) is 0 Å². The first kappa shape index (κ1) is 20.4. The highest BCUT2D eigenvalue weighted by Gasteiger charge is 2.39. The number of piperidine rings is 1. The first-order chi connectivity index (χ1) is 14.3. The maximum atomic E-state index is 13.0. The number of halogens is 3. The highest BCUT2D eigenvalue weighted by molar-refractivity contribution is 7.13. The predicted molar refractivity (Wildman–Crippen MR) is 106 cm³/mol. The Kier molecular flexibility index (Phi) is 5.27. The number of rotatable bonds is 3. The Labute approximate surface area is 174 Å². The zero-order valence-corrected chi connectivity index (χ0v) is 16.9. The van der Waals surface area contributed by atoms with Crippen LogP contribution in [0.1, 0.15) is 35.1 Å². The van der Waals surface area contributed by atoms with Gasteiger partial charge in [0.15, 0.2) is 0 Å². The molecule has 0 bridgehead atoms. The molecule has 10 heteroatoms. The molecule has 30 heavy (non-hydrogen) atoms. The summed E-state index contributed by atoms with van der Waals surface area (Å²) in [6.45, 7) is 0.696. The number of carbonyl (C=O) groups excluding carboxylic acids is 1. The molecule has 3 aromatic rings. The fourth-order valence-electron chi connectivity index (χ4n) is 3.66. The van der Waals surface area contributed by atoms with E-state index in [1.807, 2.05) is 29.6 Å². The molecule has 1 saturated heterocycles. The van der Waals surface area contributed by atoms with Crippen LogP contribution < -0.4 is 5.69 Å². The van der Waals surface area contributed by atoms with Gasteiger partial charge in [0.25, 0.3) is 5.91 Å². The Morgan fingerprint density at radius 1 is 1.13 bits per heavy atom. The van der Waals surface area contributed by atoms with Crippen LogP contribution in [0.3, 0.4) is 0 Å². The van der Waals surface area contributed by atoms with Gasteiger partial charge in [-0.15, -0.1) is 16.4 Å². The van der Waals surface area contributed by atoms with E-state index in [4.69, 9.17) is 0 Å². The smallest absolute Gasteiger partial charge is 0.338 e. The minimum atomic E-state index is -4.69. The summed E-state index contributed by atoms with van der Waals surface area (Å²) in [4.78, 5) is 27.8. The van der Waals surface area contributed by atoms with E-state index in [1.165, 1.54) is 0 Å². The van der Waals surface area contributed by atoms with Crippen molar-refractivity contribution < 1.29 is 18.0 Å². The highest BCUT2D eigenvalue weighted by Crippen LogP contribution is 2.29. The summed E-state index contributed by atoms with van der Waals surface area (Å²) in [6.07, 6.45) is -3.95. The molecule has 3 heterocycles. The number of amides is 1. The number of likely N-dealkylation sites (tertiary alicyclic amines) is 1. The summed E-state index contributed by atoms with van der Waals surface area (Å²) >= 11 is 1.62. The van der Waals surface area contributed by atoms with E-state index in [0.717, 1.165) is 22.2 Å². The average Bonchev–Trinajstić information content (AvgIpc) is 3.37. The van der Waals surface area contributed by atoms with Crippen molar-refractivity contribution in [3.05, 3.63) is 63.7 Å². The van der Waals surface area contributed by atoms with Crippen molar-refractivity contribution in [2.45, 2.75) is 25.1 Å². The van der Waals surface area contributed by atoms with Gasteiger partial charge in [-0.1, -0.05) is 18.2 Å². The van der Waals surface area contributed by atoms with Gasteiger partial charge in [-0.3, -0.25) is 9.36 Å². The number of carbonyl (C=O) groups is 1. The summed E-state index contributed by atoms with van der Waals surface area (Å²) in [5.74, 6) is -1.34. The molecule has 2 aromatic heterocycles. The third-order valence-electron chi connectivity index (χ3n) is 5.29. The molecule has 0 spiro atoms. The third-order valence-corrected chi connectivity index (χ3v) is 6.21. The second-order valence-corrected chi connectivity index (χ2v) is 8.13. The zero-order valence-electron chi connectivity index (χ0n) is 16.1. The standard InChI is InChI=1S/C20H19F3N4O2S/c1-25-18(20(21,22)23)24-27(19(25)29)15-8-10-26(11-9-15)17(28)14-6-4-13(5-7-14)16-3-2-12-30-16/h2-7,12,15H,8-11H2,1H3. The highest BCUT2D eigenvalue weighted by atomic mass is 32.1. The molecule has 0 aliphatic carbocycles. The number of alkyl halides is 3. The SMILES string of the molecule is Cn1c(C(F)(F)F)nn(C2CCN(C(=O)c3ccc(-c4cccs4)cc3)CC2)c1=O. The van der Waals surface area contributed by atoms with Crippen LogP contribution in [-0.4, -0.2) is 38.2 Å². The minimum Gasteiger partial charge on any atom is -0.338 e. The van der Waals surface area contributed by atoms with E-state index < -0.39 is 23.7 Å². The Bertz CT molecular complexity index is 1090. The van der Waals surface area contributed by atoms with Gasteiger partial charge in [0, 0.05) is 30.6 Å². The van der Waals surface area contributed by atoms with Crippen LogP contribution in [0.25, 0.3) is 10.4 Å². The topological polar surface area (TPSA) is 60.1 Å². The number of benzene rings is 1. The van der Waals surface area contributed by atoms with Crippen LogP contribution >= 0.6 is 11.3 Å². The Balaban J connectivity index is 1.44. The van der Waals surface area contributed by atoms with E-state index in [0.29, 0.717) is 36.1 Å². The summed E-state index contributed by atoms with van der Waals surface area (Å²) in [5, 5.41) is 5.50. The largest absolute Gasteiger partial charge is 0.451 e. The molecule has 6 nitrogen and oxygen atoms in total. The molecule has 158 valence electrons. The molecule has 0 atom stereocenters. The number of thiophene rings is 1.